The molecule has 0 radical (unpaired) electrons. The van der Waals surface area contributed by atoms with E-state index in [-0.39, 0.29) is 0 Å². The number of hydrogen-bond acceptors (Lipinski definition) is 3. The third-order valence-electron chi connectivity index (χ3n) is 2.44. The highest BCUT2D eigenvalue weighted by atomic mass is 32.2. The van der Waals surface area contributed by atoms with Crippen molar-refractivity contribution in [2.45, 2.75) is 32.9 Å². The largest absolute Gasteiger partial charge is 0.310 e. The topological polar surface area (TPSA) is 29.9 Å². The second kappa shape index (κ2) is 6.90. The van der Waals surface area contributed by atoms with Gasteiger partial charge in [-0.3, -0.25) is 4.68 Å². The Morgan fingerprint density at radius 3 is 2.93 bits per heavy atom. The quantitative estimate of drug-likeness (QED) is 0.775. The van der Waals surface area contributed by atoms with Gasteiger partial charge in [0.05, 0.1) is 6.20 Å². The summed E-state index contributed by atoms with van der Waals surface area (Å²) >= 11 is 1.85. The fourth-order valence-electron chi connectivity index (χ4n) is 1.61. The molecule has 1 atom stereocenters. The van der Waals surface area contributed by atoms with Crippen LogP contribution in [0.5, 0.6) is 0 Å². The summed E-state index contributed by atoms with van der Waals surface area (Å²) in [5.41, 5.74) is 1.31. The molecule has 0 saturated carbocycles. The maximum absolute atomic E-state index is 4.37. The molecule has 0 saturated heterocycles. The molecule has 0 amide bonds. The number of thioether (sulfide) groups is 1. The highest BCUT2D eigenvalue weighted by molar-refractivity contribution is 7.98. The van der Waals surface area contributed by atoms with E-state index in [9.17, 15) is 0 Å². The first-order chi connectivity index (χ1) is 7.31. The zero-order valence-electron chi connectivity index (χ0n) is 9.86. The minimum absolute atomic E-state index is 0.457. The summed E-state index contributed by atoms with van der Waals surface area (Å²) in [6, 6.07) is 0.457. The first kappa shape index (κ1) is 12.6. The van der Waals surface area contributed by atoms with E-state index < -0.39 is 0 Å². The van der Waals surface area contributed by atoms with Crippen molar-refractivity contribution in [3.05, 3.63) is 18.0 Å². The van der Waals surface area contributed by atoms with Gasteiger partial charge in [0, 0.05) is 30.1 Å². The van der Waals surface area contributed by atoms with E-state index in [1.54, 1.807) is 0 Å². The van der Waals surface area contributed by atoms with Crippen LogP contribution in [0.15, 0.2) is 12.4 Å². The van der Waals surface area contributed by atoms with Gasteiger partial charge in [-0.15, -0.1) is 0 Å². The Morgan fingerprint density at radius 2 is 2.33 bits per heavy atom. The molecular weight excluding hydrogens is 206 g/mol. The van der Waals surface area contributed by atoms with Crippen LogP contribution in [0.3, 0.4) is 0 Å². The van der Waals surface area contributed by atoms with Gasteiger partial charge in [-0.05, 0) is 19.2 Å². The summed E-state index contributed by atoms with van der Waals surface area (Å²) in [5, 5.41) is 7.83. The van der Waals surface area contributed by atoms with Crippen molar-refractivity contribution in [1.29, 1.82) is 0 Å². The summed E-state index contributed by atoms with van der Waals surface area (Å²) in [6.45, 7) is 6.35. The van der Waals surface area contributed by atoms with E-state index in [2.05, 4.69) is 36.7 Å². The molecule has 4 heteroatoms. The molecule has 1 N–H and O–H groups in total. The second-order valence-corrected chi connectivity index (χ2v) is 4.53. The third kappa shape index (κ3) is 3.87. The molecule has 1 unspecified atom stereocenters. The number of aromatic nitrogens is 2. The van der Waals surface area contributed by atoms with E-state index in [1.165, 1.54) is 5.56 Å². The Morgan fingerprint density at radius 1 is 1.53 bits per heavy atom. The van der Waals surface area contributed by atoms with Crippen molar-refractivity contribution in [3.63, 3.8) is 0 Å². The Hall–Kier alpha value is -0.480. The summed E-state index contributed by atoms with van der Waals surface area (Å²) in [5.74, 6) is 1.12. The Labute approximate surface area is 96.6 Å². The van der Waals surface area contributed by atoms with Crippen molar-refractivity contribution in [1.82, 2.24) is 15.1 Å². The number of rotatable bonds is 7. The van der Waals surface area contributed by atoms with Gasteiger partial charge >= 0.3 is 0 Å². The fraction of sp³-hybridized carbons (Fsp3) is 0.727. The van der Waals surface area contributed by atoms with E-state index >= 15 is 0 Å². The van der Waals surface area contributed by atoms with Crippen LogP contribution in [0.4, 0.5) is 0 Å². The lowest BCUT2D eigenvalue weighted by Gasteiger charge is -2.13. The van der Waals surface area contributed by atoms with E-state index in [0.717, 1.165) is 25.3 Å². The number of nitrogens with zero attached hydrogens (tertiary/aromatic N) is 2. The monoisotopic (exact) mass is 227 g/mol. The molecule has 1 heterocycles. The standard InChI is InChI=1S/C11H21N3S/c1-4-11(12-5-2)10-8-13-14(9-10)6-7-15-3/h8-9,11-12H,4-7H2,1-3H3. The van der Waals surface area contributed by atoms with Gasteiger partial charge in [0.1, 0.15) is 0 Å². The van der Waals surface area contributed by atoms with Crippen molar-refractivity contribution in [3.8, 4) is 0 Å². The van der Waals surface area contributed by atoms with Crippen LogP contribution in [0.1, 0.15) is 31.9 Å². The van der Waals surface area contributed by atoms with Crippen LogP contribution in [-0.2, 0) is 6.54 Å². The predicted molar refractivity (Wildman–Crippen MR) is 67.3 cm³/mol. The van der Waals surface area contributed by atoms with Crippen molar-refractivity contribution >= 4 is 11.8 Å². The summed E-state index contributed by atoms with van der Waals surface area (Å²) < 4.78 is 2.03. The summed E-state index contributed by atoms with van der Waals surface area (Å²) in [7, 11) is 0. The summed E-state index contributed by atoms with van der Waals surface area (Å²) in [4.78, 5) is 0. The highest BCUT2D eigenvalue weighted by Crippen LogP contribution is 2.15. The van der Waals surface area contributed by atoms with Crippen molar-refractivity contribution in [2.75, 3.05) is 18.6 Å². The number of hydrogen-bond donors (Lipinski definition) is 1. The zero-order chi connectivity index (χ0) is 11.1. The van der Waals surface area contributed by atoms with Gasteiger partial charge in [-0.1, -0.05) is 13.8 Å². The molecule has 86 valence electrons. The van der Waals surface area contributed by atoms with E-state index in [4.69, 9.17) is 0 Å². The minimum atomic E-state index is 0.457. The first-order valence-corrected chi connectivity index (χ1v) is 6.95. The Balaban J connectivity index is 2.56. The minimum Gasteiger partial charge on any atom is -0.310 e. The average Bonchev–Trinajstić information content (AvgIpc) is 2.71. The normalized spacial score (nSPS) is 13.0. The van der Waals surface area contributed by atoms with Crippen LogP contribution in [0.25, 0.3) is 0 Å². The van der Waals surface area contributed by atoms with Crippen molar-refractivity contribution in [2.24, 2.45) is 0 Å². The smallest absolute Gasteiger partial charge is 0.0537 e. The van der Waals surface area contributed by atoms with Gasteiger partial charge in [-0.25, -0.2) is 0 Å². The van der Waals surface area contributed by atoms with Gasteiger partial charge in [0.2, 0.25) is 0 Å². The van der Waals surface area contributed by atoms with Gasteiger partial charge in [-0.2, -0.15) is 16.9 Å². The first-order valence-electron chi connectivity index (χ1n) is 5.56. The molecule has 1 aromatic heterocycles. The van der Waals surface area contributed by atoms with Crippen LogP contribution in [0.2, 0.25) is 0 Å². The van der Waals surface area contributed by atoms with Crippen LogP contribution in [-0.4, -0.2) is 28.3 Å². The summed E-state index contributed by atoms with van der Waals surface area (Å²) in [6.07, 6.45) is 7.38. The van der Waals surface area contributed by atoms with Crippen molar-refractivity contribution < 1.29 is 0 Å². The molecule has 0 aliphatic heterocycles. The SMILES string of the molecule is CCNC(CC)c1cnn(CCSC)c1. The van der Waals surface area contributed by atoms with Gasteiger partial charge < -0.3 is 5.32 Å². The predicted octanol–water partition coefficient (Wildman–Crippen LogP) is 2.31. The average molecular weight is 227 g/mol. The molecule has 0 aliphatic rings. The van der Waals surface area contributed by atoms with E-state index in [1.807, 2.05) is 22.6 Å². The third-order valence-corrected chi connectivity index (χ3v) is 3.03. The lowest BCUT2D eigenvalue weighted by Crippen LogP contribution is -2.19. The molecule has 0 bridgehead atoms. The molecule has 15 heavy (non-hydrogen) atoms. The van der Waals surface area contributed by atoms with Crippen LogP contribution >= 0.6 is 11.8 Å². The maximum atomic E-state index is 4.37. The van der Waals surface area contributed by atoms with Crippen LogP contribution < -0.4 is 5.32 Å². The molecule has 0 aliphatic carbocycles. The molecule has 3 nitrogen and oxygen atoms in total. The highest BCUT2D eigenvalue weighted by Gasteiger charge is 2.09. The van der Waals surface area contributed by atoms with Crippen LogP contribution in [0, 0.1) is 0 Å². The molecule has 0 aromatic carbocycles. The lowest BCUT2D eigenvalue weighted by molar-refractivity contribution is 0.536. The number of aryl methyl sites for hydroxylation is 1. The van der Waals surface area contributed by atoms with Gasteiger partial charge in [0.15, 0.2) is 0 Å². The van der Waals surface area contributed by atoms with Gasteiger partial charge in [0.25, 0.3) is 0 Å². The Bertz CT molecular complexity index is 273. The number of nitrogens with one attached hydrogen (secondary N) is 1. The lowest BCUT2D eigenvalue weighted by atomic mass is 10.1. The molecule has 0 fully saturated rings. The molecule has 0 spiro atoms. The fourth-order valence-corrected chi connectivity index (χ4v) is 1.98. The van der Waals surface area contributed by atoms with E-state index in [0.29, 0.717) is 6.04 Å². The molecular formula is C11H21N3S. The Kier molecular flexibility index (Phi) is 5.79. The molecule has 1 aromatic rings. The second-order valence-electron chi connectivity index (χ2n) is 3.55. The molecule has 1 rings (SSSR count). The zero-order valence-corrected chi connectivity index (χ0v) is 10.7. The maximum Gasteiger partial charge on any atom is 0.0537 e.